The molecule has 1 unspecified atom stereocenters. The molecule has 5 saturated carbocycles. The number of allylic oxidation sites excluding steroid dienone is 1. The molecule has 4 heteroatoms. The van der Waals surface area contributed by atoms with Crippen LogP contribution < -0.4 is 0 Å². The van der Waals surface area contributed by atoms with Gasteiger partial charge in [-0.1, -0.05) is 46.8 Å². The minimum absolute atomic E-state index is 0.0129. The molecule has 202 valence electrons. The maximum absolute atomic E-state index is 13.0. The third-order valence-corrected chi connectivity index (χ3v) is 14.1. The predicted molar refractivity (Wildman–Crippen MR) is 145 cm³/mol. The largest absolute Gasteiger partial charge is 0.462 e. The van der Waals surface area contributed by atoms with Gasteiger partial charge in [-0.2, -0.15) is 0 Å². The molecule has 0 aromatic rings. The Morgan fingerprint density at radius 3 is 2.11 bits per heavy atom. The van der Waals surface area contributed by atoms with Crippen molar-refractivity contribution in [1.29, 1.82) is 0 Å². The van der Waals surface area contributed by atoms with E-state index in [0.717, 1.165) is 38.5 Å². The van der Waals surface area contributed by atoms with Crippen LogP contribution in [0.2, 0.25) is 0 Å². The lowest BCUT2D eigenvalue weighted by Gasteiger charge is -2.72. The highest BCUT2D eigenvalue weighted by molar-refractivity contribution is 6.64. The molecule has 0 saturated heterocycles. The molecule has 5 aliphatic carbocycles. The quantitative estimate of drug-likeness (QED) is 0.215. The van der Waals surface area contributed by atoms with Crippen LogP contribution in [0, 0.1) is 56.7 Å². The third-order valence-electron chi connectivity index (χ3n) is 13.7. The SMILES string of the molecule is C=C(C)[C@@H]1CC[C@]2(C(=O)Cl)CC[C@]3(C)[C@H](CC[C@@H]4[C@@]5(C)CC[C@H](OC(C)=O)C(C)(C)[C@@H]5CC[C@]43C)C12. The van der Waals surface area contributed by atoms with E-state index in [4.69, 9.17) is 16.3 Å². The van der Waals surface area contributed by atoms with E-state index < -0.39 is 0 Å². The molecule has 5 aliphatic rings. The van der Waals surface area contributed by atoms with Crippen molar-refractivity contribution in [3.63, 3.8) is 0 Å². The molecule has 0 aliphatic heterocycles. The van der Waals surface area contributed by atoms with Crippen LogP contribution in [0.4, 0.5) is 0 Å². The number of hydrogen-bond donors (Lipinski definition) is 0. The van der Waals surface area contributed by atoms with Crippen molar-refractivity contribution in [3.8, 4) is 0 Å². The molecule has 5 fully saturated rings. The molecule has 0 aromatic heterocycles. The molecule has 3 nitrogen and oxygen atoms in total. The number of hydrogen-bond acceptors (Lipinski definition) is 3. The second-order valence-corrected chi connectivity index (χ2v) is 15.4. The van der Waals surface area contributed by atoms with E-state index in [2.05, 4.69) is 48.1 Å². The zero-order chi connectivity index (χ0) is 26.5. The Morgan fingerprint density at radius 1 is 0.806 bits per heavy atom. The third kappa shape index (κ3) is 3.29. The van der Waals surface area contributed by atoms with Crippen LogP contribution in [0.5, 0.6) is 0 Å². The molecule has 36 heavy (non-hydrogen) atoms. The molecule has 10 atom stereocenters. The summed E-state index contributed by atoms with van der Waals surface area (Å²) in [7, 11) is 0. The first-order valence-corrected chi connectivity index (χ1v) is 15.1. The van der Waals surface area contributed by atoms with Crippen molar-refractivity contribution < 1.29 is 14.3 Å². The number of esters is 1. The summed E-state index contributed by atoms with van der Waals surface area (Å²) in [5, 5.41) is -0.0770. The van der Waals surface area contributed by atoms with Gasteiger partial charge in [0.05, 0.1) is 0 Å². The summed E-state index contributed by atoms with van der Waals surface area (Å²) in [4.78, 5) is 24.9. The molecule has 0 spiro atoms. The van der Waals surface area contributed by atoms with Crippen LogP contribution in [0.1, 0.15) is 113 Å². The van der Waals surface area contributed by atoms with Gasteiger partial charge in [0.2, 0.25) is 5.24 Å². The van der Waals surface area contributed by atoms with Crippen LogP contribution in [-0.2, 0) is 14.3 Å². The van der Waals surface area contributed by atoms with Gasteiger partial charge in [-0.15, -0.1) is 0 Å². The topological polar surface area (TPSA) is 43.4 Å². The number of carbonyl (C=O) groups excluding carboxylic acids is 2. The summed E-state index contributed by atoms with van der Waals surface area (Å²) in [6.45, 7) is 20.6. The smallest absolute Gasteiger partial charge is 0.302 e. The van der Waals surface area contributed by atoms with E-state index in [-0.39, 0.29) is 44.4 Å². The lowest BCUT2D eigenvalue weighted by molar-refractivity contribution is -0.248. The van der Waals surface area contributed by atoms with Crippen LogP contribution in [0.3, 0.4) is 0 Å². The Balaban J connectivity index is 1.52. The zero-order valence-corrected chi connectivity index (χ0v) is 24.6. The van der Waals surface area contributed by atoms with E-state index >= 15 is 0 Å². The highest BCUT2D eigenvalue weighted by Gasteiger charge is 2.71. The Hall–Kier alpha value is -0.830. The van der Waals surface area contributed by atoms with Crippen molar-refractivity contribution in [2.24, 2.45) is 56.7 Å². The van der Waals surface area contributed by atoms with Gasteiger partial charge in [0.15, 0.2) is 0 Å². The van der Waals surface area contributed by atoms with Crippen molar-refractivity contribution in [2.75, 3.05) is 0 Å². The van der Waals surface area contributed by atoms with E-state index in [9.17, 15) is 9.59 Å². The van der Waals surface area contributed by atoms with E-state index in [1.165, 1.54) is 31.3 Å². The summed E-state index contributed by atoms with van der Waals surface area (Å²) < 4.78 is 5.89. The molecule has 0 aromatic carbocycles. The summed E-state index contributed by atoms with van der Waals surface area (Å²) >= 11 is 6.46. The monoisotopic (exact) mass is 516 g/mol. The van der Waals surface area contributed by atoms with Crippen LogP contribution in [-0.4, -0.2) is 17.3 Å². The van der Waals surface area contributed by atoms with Gasteiger partial charge in [-0.3, -0.25) is 9.59 Å². The molecule has 0 N–H and O–H groups in total. The normalized spacial score (nSPS) is 51.2. The molecule has 0 amide bonds. The van der Waals surface area contributed by atoms with Crippen LogP contribution in [0.15, 0.2) is 12.2 Å². The van der Waals surface area contributed by atoms with Gasteiger partial charge >= 0.3 is 5.97 Å². The summed E-state index contributed by atoms with van der Waals surface area (Å²) in [5.41, 5.74) is 1.60. The molecule has 0 bridgehead atoms. The molecule has 0 heterocycles. The van der Waals surface area contributed by atoms with E-state index in [1.54, 1.807) is 6.92 Å². The fourth-order valence-corrected chi connectivity index (χ4v) is 12.2. The lowest BCUT2D eigenvalue weighted by Crippen LogP contribution is -2.67. The number of carbonyl (C=O) groups is 2. The number of ether oxygens (including phenoxy) is 1. The summed E-state index contributed by atoms with van der Waals surface area (Å²) in [5.74, 6) is 2.37. The van der Waals surface area contributed by atoms with Crippen molar-refractivity contribution in [1.82, 2.24) is 0 Å². The number of halogens is 1. The standard InChI is InChI=1S/C32H49ClO3/c1-19(2)21-11-16-32(27(33)35)18-17-30(7)22(26(21)32)9-10-24-29(6)14-13-25(36-20(3)34)28(4,5)23(29)12-15-31(24,30)8/h21-26H,1,9-18H2,2-8H3/t21-,22+,23-,24+,25-,26?,29-,30+,31+,32-/m0/s1. The van der Waals surface area contributed by atoms with Gasteiger partial charge in [0.1, 0.15) is 6.10 Å². The number of rotatable bonds is 3. The fourth-order valence-electron chi connectivity index (χ4n) is 11.9. The summed E-state index contributed by atoms with van der Waals surface area (Å²) in [6, 6.07) is 0. The van der Waals surface area contributed by atoms with Gasteiger partial charge in [-0.25, -0.2) is 0 Å². The molecule has 5 rings (SSSR count). The zero-order valence-electron chi connectivity index (χ0n) is 23.8. The van der Waals surface area contributed by atoms with Crippen molar-refractivity contribution >= 4 is 22.8 Å². The molecular weight excluding hydrogens is 468 g/mol. The summed E-state index contributed by atoms with van der Waals surface area (Å²) in [6.07, 6.45) is 11.1. The molecule has 0 radical (unpaired) electrons. The Kier molecular flexibility index (Phi) is 6.19. The molecular formula is C32H49ClO3. The highest BCUT2D eigenvalue weighted by atomic mass is 35.5. The Labute approximate surface area is 224 Å². The first-order valence-electron chi connectivity index (χ1n) is 14.7. The minimum Gasteiger partial charge on any atom is -0.462 e. The maximum atomic E-state index is 13.0. The van der Waals surface area contributed by atoms with Gasteiger partial charge in [0.25, 0.3) is 0 Å². The van der Waals surface area contributed by atoms with Gasteiger partial charge < -0.3 is 4.74 Å². The average Bonchev–Trinajstić information content (AvgIpc) is 3.17. The van der Waals surface area contributed by atoms with Crippen molar-refractivity contribution in [2.45, 2.75) is 119 Å². The Bertz CT molecular complexity index is 970. The average molecular weight is 517 g/mol. The van der Waals surface area contributed by atoms with E-state index in [0.29, 0.717) is 29.6 Å². The second-order valence-electron chi connectivity index (χ2n) is 15.1. The van der Waals surface area contributed by atoms with Gasteiger partial charge in [0, 0.05) is 17.8 Å². The Morgan fingerprint density at radius 2 is 1.50 bits per heavy atom. The lowest BCUT2D eigenvalue weighted by atomic mass is 9.32. The first kappa shape index (κ1) is 26.8. The van der Waals surface area contributed by atoms with E-state index in [1.807, 2.05) is 0 Å². The maximum Gasteiger partial charge on any atom is 0.302 e. The van der Waals surface area contributed by atoms with Gasteiger partial charge in [-0.05, 0) is 129 Å². The number of fused-ring (bicyclic) bond motifs is 7. The fraction of sp³-hybridized carbons (Fsp3) is 0.875. The minimum atomic E-state index is -0.344. The highest BCUT2D eigenvalue weighted by Crippen LogP contribution is 2.77. The first-order chi connectivity index (χ1) is 16.6. The van der Waals surface area contributed by atoms with Crippen molar-refractivity contribution in [3.05, 3.63) is 12.2 Å². The van der Waals surface area contributed by atoms with Crippen LogP contribution >= 0.6 is 11.6 Å². The second kappa shape index (κ2) is 8.33. The predicted octanol–water partition coefficient (Wildman–Crippen LogP) is 8.34. The van der Waals surface area contributed by atoms with Crippen LogP contribution in [0.25, 0.3) is 0 Å².